The van der Waals surface area contributed by atoms with Crippen LogP contribution in [0.3, 0.4) is 0 Å². The maximum Gasteiger partial charge on any atom is 0.407 e. The first-order valence-electron chi connectivity index (χ1n) is 10.6. The monoisotopic (exact) mass is 436 g/mol. The lowest BCUT2D eigenvalue weighted by molar-refractivity contribution is -0.138. The molecule has 32 heavy (non-hydrogen) atoms. The predicted octanol–water partition coefficient (Wildman–Crippen LogP) is 3.70. The van der Waals surface area contributed by atoms with Crippen molar-refractivity contribution >= 4 is 18.0 Å². The minimum absolute atomic E-state index is 0.00756. The molecule has 168 valence electrons. The van der Waals surface area contributed by atoms with Crippen molar-refractivity contribution in [2.75, 3.05) is 19.7 Å². The molecule has 0 heterocycles. The van der Waals surface area contributed by atoms with Gasteiger partial charge in [0, 0.05) is 31.0 Å². The van der Waals surface area contributed by atoms with E-state index < -0.39 is 12.1 Å². The summed E-state index contributed by atoms with van der Waals surface area (Å²) >= 11 is 0. The van der Waals surface area contributed by atoms with Gasteiger partial charge in [-0.15, -0.1) is 0 Å². The van der Waals surface area contributed by atoms with Crippen LogP contribution in [0.25, 0.3) is 11.1 Å². The highest BCUT2D eigenvalue weighted by atomic mass is 16.5. The first kappa shape index (κ1) is 23.1. The number of amides is 2. The number of rotatable bonds is 9. The number of carboxylic acids is 1. The second kappa shape index (κ2) is 10.6. The van der Waals surface area contributed by atoms with Crippen molar-refractivity contribution in [3.05, 3.63) is 71.3 Å². The first-order valence-corrected chi connectivity index (χ1v) is 10.6. The Morgan fingerprint density at radius 2 is 1.62 bits per heavy atom. The summed E-state index contributed by atoms with van der Waals surface area (Å²) in [6.45, 7) is 4.05. The maximum absolute atomic E-state index is 12.2. The number of carbonyl (C=O) groups is 3. The van der Waals surface area contributed by atoms with Crippen molar-refractivity contribution in [3.63, 3.8) is 0 Å². The zero-order valence-electron chi connectivity index (χ0n) is 18.3. The number of fused-ring (bicyclic) bond motifs is 3. The lowest BCUT2D eigenvalue weighted by Gasteiger charge is -2.14. The number of ether oxygens (including phenoxy) is 1. The molecule has 0 fully saturated rings. The fourth-order valence-corrected chi connectivity index (χ4v) is 3.81. The van der Waals surface area contributed by atoms with E-state index in [1.165, 1.54) is 11.1 Å². The van der Waals surface area contributed by atoms with E-state index in [2.05, 4.69) is 34.9 Å². The number of hydrogen-bond acceptors (Lipinski definition) is 4. The summed E-state index contributed by atoms with van der Waals surface area (Å²) in [5.74, 6) is -1.37. The quantitative estimate of drug-likeness (QED) is 0.520. The second-order valence-electron chi connectivity index (χ2n) is 8.01. The molecule has 0 saturated carbocycles. The highest BCUT2D eigenvalue weighted by Gasteiger charge is 2.28. The zero-order chi connectivity index (χ0) is 23.1. The van der Waals surface area contributed by atoms with Crippen molar-refractivity contribution in [1.29, 1.82) is 0 Å². The SMILES string of the molecule is C/C(=C\CNC(=O)OCC1c2ccccc2-c2ccccc21)C(=O)NCC(C)CC(=O)O. The van der Waals surface area contributed by atoms with Gasteiger partial charge in [0.1, 0.15) is 6.61 Å². The predicted molar refractivity (Wildman–Crippen MR) is 121 cm³/mol. The smallest absolute Gasteiger partial charge is 0.407 e. The van der Waals surface area contributed by atoms with Crippen molar-refractivity contribution in [2.24, 2.45) is 5.92 Å². The third kappa shape index (κ3) is 5.75. The van der Waals surface area contributed by atoms with Crippen molar-refractivity contribution in [2.45, 2.75) is 26.2 Å². The Labute approximate surface area is 187 Å². The largest absolute Gasteiger partial charge is 0.481 e. The van der Waals surface area contributed by atoms with Gasteiger partial charge in [-0.05, 0) is 35.1 Å². The topological polar surface area (TPSA) is 105 Å². The van der Waals surface area contributed by atoms with E-state index in [0.717, 1.165) is 11.1 Å². The molecule has 1 aliphatic rings. The fraction of sp³-hybridized carbons (Fsp3) is 0.320. The lowest BCUT2D eigenvalue weighted by atomic mass is 9.98. The van der Waals surface area contributed by atoms with Crippen molar-refractivity contribution in [1.82, 2.24) is 10.6 Å². The van der Waals surface area contributed by atoms with E-state index in [4.69, 9.17) is 9.84 Å². The average molecular weight is 437 g/mol. The van der Waals surface area contributed by atoms with E-state index in [1.54, 1.807) is 19.9 Å². The molecule has 2 amide bonds. The Morgan fingerprint density at radius 1 is 1.03 bits per heavy atom. The van der Waals surface area contributed by atoms with E-state index in [1.807, 2.05) is 24.3 Å². The summed E-state index contributed by atoms with van der Waals surface area (Å²) in [5.41, 5.74) is 5.06. The molecule has 0 bridgehead atoms. The number of carboxylic acid groups (broad SMARTS) is 1. The van der Waals surface area contributed by atoms with E-state index in [-0.39, 0.29) is 43.9 Å². The second-order valence-corrected chi connectivity index (χ2v) is 8.01. The number of nitrogens with one attached hydrogen (secondary N) is 2. The standard InChI is InChI=1S/C25H28N2O5/c1-16(13-23(28)29)14-27-24(30)17(2)11-12-26-25(31)32-15-22-20-9-5-3-7-18(20)19-8-4-6-10-21(19)22/h3-11,16,22H,12-15H2,1-2H3,(H,26,31)(H,27,30)(H,28,29)/b17-11+. The summed E-state index contributed by atoms with van der Waals surface area (Å²) in [6, 6.07) is 16.3. The highest BCUT2D eigenvalue weighted by molar-refractivity contribution is 5.92. The van der Waals surface area contributed by atoms with Gasteiger partial charge >= 0.3 is 12.1 Å². The number of benzene rings is 2. The van der Waals surface area contributed by atoms with Crippen LogP contribution in [-0.2, 0) is 14.3 Å². The number of carbonyl (C=O) groups excluding carboxylic acids is 2. The third-order valence-corrected chi connectivity index (χ3v) is 5.49. The van der Waals surface area contributed by atoms with Gasteiger partial charge in [0.2, 0.25) is 5.91 Å². The average Bonchev–Trinajstić information content (AvgIpc) is 3.09. The van der Waals surface area contributed by atoms with Gasteiger partial charge in [0.15, 0.2) is 0 Å². The molecular weight excluding hydrogens is 408 g/mol. The van der Waals surface area contributed by atoms with Crippen LogP contribution < -0.4 is 10.6 Å². The normalized spacial score (nSPS) is 13.6. The first-order chi connectivity index (χ1) is 15.4. The van der Waals surface area contributed by atoms with E-state index in [9.17, 15) is 14.4 Å². The van der Waals surface area contributed by atoms with Crippen molar-refractivity contribution in [3.8, 4) is 11.1 Å². The Morgan fingerprint density at radius 3 is 2.22 bits per heavy atom. The van der Waals surface area contributed by atoms with Gasteiger partial charge in [-0.3, -0.25) is 9.59 Å². The number of hydrogen-bond donors (Lipinski definition) is 3. The summed E-state index contributed by atoms with van der Waals surface area (Å²) in [5, 5.41) is 14.1. The maximum atomic E-state index is 12.2. The summed E-state index contributed by atoms with van der Waals surface area (Å²) in [4.78, 5) is 34.9. The molecule has 2 aromatic carbocycles. The molecule has 7 nitrogen and oxygen atoms in total. The molecule has 1 aliphatic carbocycles. The lowest BCUT2D eigenvalue weighted by Crippen LogP contribution is -2.30. The molecule has 0 aliphatic heterocycles. The Kier molecular flexibility index (Phi) is 7.65. The van der Waals surface area contributed by atoms with Gasteiger partial charge < -0.3 is 20.5 Å². The van der Waals surface area contributed by atoms with Gasteiger partial charge in [0.05, 0.1) is 0 Å². The molecule has 0 saturated heterocycles. The molecule has 0 spiro atoms. The Hall–Kier alpha value is -3.61. The molecule has 3 rings (SSSR count). The van der Waals surface area contributed by atoms with Crippen molar-refractivity contribution < 1.29 is 24.2 Å². The van der Waals surface area contributed by atoms with Crippen LogP contribution in [0.4, 0.5) is 4.79 Å². The van der Waals surface area contributed by atoms with E-state index in [0.29, 0.717) is 5.57 Å². The van der Waals surface area contributed by atoms with Gasteiger partial charge in [-0.2, -0.15) is 0 Å². The van der Waals surface area contributed by atoms with Gasteiger partial charge in [-0.25, -0.2) is 4.79 Å². The molecule has 2 aromatic rings. The zero-order valence-corrected chi connectivity index (χ0v) is 18.3. The van der Waals surface area contributed by atoms with Crippen LogP contribution in [0.15, 0.2) is 60.2 Å². The minimum atomic E-state index is -0.897. The minimum Gasteiger partial charge on any atom is -0.481 e. The molecule has 0 aromatic heterocycles. The molecule has 3 N–H and O–H groups in total. The van der Waals surface area contributed by atoms with Crippen LogP contribution in [0.1, 0.15) is 37.3 Å². The number of aliphatic carboxylic acids is 1. The summed E-state index contributed by atoms with van der Waals surface area (Å²) in [7, 11) is 0. The van der Waals surface area contributed by atoms with Crippen LogP contribution in [-0.4, -0.2) is 42.8 Å². The molecule has 7 heteroatoms. The van der Waals surface area contributed by atoms with Crippen LogP contribution in [0.2, 0.25) is 0 Å². The van der Waals surface area contributed by atoms with Crippen LogP contribution >= 0.6 is 0 Å². The van der Waals surface area contributed by atoms with Gasteiger partial charge in [0.25, 0.3) is 0 Å². The Bertz CT molecular complexity index is 985. The third-order valence-electron chi connectivity index (χ3n) is 5.49. The molecule has 1 unspecified atom stereocenters. The highest BCUT2D eigenvalue weighted by Crippen LogP contribution is 2.44. The van der Waals surface area contributed by atoms with Gasteiger partial charge in [-0.1, -0.05) is 61.5 Å². The molecule has 0 radical (unpaired) electrons. The molecule has 1 atom stereocenters. The Balaban J connectivity index is 1.47. The molecular formula is C25H28N2O5. The summed E-state index contributed by atoms with van der Waals surface area (Å²) < 4.78 is 5.46. The summed E-state index contributed by atoms with van der Waals surface area (Å²) in [6.07, 6.45) is 1.04. The number of alkyl carbamates (subject to hydrolysis) is 1. The van der Waals surface area contributed by atoms with Crippen LogP contribution in [0.5, 0.6) is 0 Å². The van der Waals surface area contributed by atoms with E-state index >= 15 is 0 Å². The fourth-order valence-electron chi connectivity index (χ4n) is 3.81. The van der Waals surface area contributed by atoms with Crippen LogP contribution in [0, 0.1) is 5.92 Å².